The van der Waals surface area contributed by atoms with Crippen molar-refractivity contribution in [2.75, 3.05) is 7.11 Å². The molecule has 0 spiro atoms. The maximum atomic E-state index is 14.1. The number of rotatable bonds is 4. The van der Waals surface area contributed by atoms with E-state index < -0.39 is 29.0 Å². The van der Waals surface area contributed by atoms with Crippen LogP contribution in [0, 0.1) is 18.6 Å². The van der Waals surface area contributed by atoms with E-state index in [0.717, 1.165) is 25.3 Å². The number of benzene rings is 1. The number of hydrogen-bond acceptors (Lipinski definition) is 4. The number of esters is 1. The summed E-state index contributed by atoms with van der Waals surface area (Å²) in [6, 6.07) is 4.04. The highest BCUT2D eigenvalue weighted by Crippen LogP contribution is 2.27. The molecule has 0 saturated heterocycles. The van der Waals surface area contributed by atoms with E-state index in [0.29, 0.717) is 5.76 Å². The summed E-state index contributed by atoms with van der Waals surface area (Å²) in [5.41, 5.74) is -2.06. The first-order valence-electron chi connectivity index (χ1n) is 6.70. The third-order valence-electron chi connectivity index (χ3n) is 3.53. The lowest BCUT2D eigenvalue weighted by atomic mass is 9.90. The van der Waals surface area contributed by atoms with Crippen molar-refractivity contribution in [2.45, 2.75) is 19.4 Å². The molecule has 1 amide bonds. The van der Waals surface area contributed by atoms with Crippen molar-refractivity contribution in [1.29, 1.82) is 0 Å². The fourth-order valence-corrected chi connectivity index (χ4v) is 2.23. The molecular weight excluding hydrogens is 308 g/mol. The van der Waals surface area contributed by atoms with Gasteiger partial charge in [0.25, 0.3) is 5.91 Å². The summed E-state index contributed by atoms with van der Waals surface area (Å²) >= 11 is 0. The van der Waals surface area contributed by atoms with Crippen LogP contribution in [0.4, 0.5) is 8.78 Å². The zero-order chi connectivity index (χ0) is 17.2. The van der Waals surface area contributed by atoms with E-state index >= 15 is 0 Å². The Morgan fingerprint density at radius 1 is 1.26 bits per heavy atom. The Morgan fingerprint density at radius 3 is 2.52 bits per heavy atom. The van der Waals surface area contributed by atoms with Crippen LogP contribution in [0.1, 0.15) is 28.6 Å². The molecule has 0 saturated carbocycles. The summed E-state index contributed by atoms with van der Waals surface area (Å²) < 4.78 is 37.2. The Balaban J connectivity index is 2.48. The van der Waals surface area contributed by atoms with E-state index in [1.54, 1.807) is 6.92 Å². The Morgan fingerprint density at radius 2 is 1.96 bits per heavy atom. The topological polar surface area (TPSA) is 68.5 Å². The van der Waals surface area contributed by atoms with Crippen LogP contribution in [0.15, 0.2) is 34.9 Å². The Hall–Kier alpha value is -2.70. The predicted molar refractivity (Wildman–Crippen MR) is 76.6 cm³/mol. The number of furan rings is 1. The van der Waals surface area contributed by atoms with Gasteiger partial charge in [0.2, 0.25) is 0 Å². The summed E-state index contributed by atoms with van der Waals surface area (Å²) in [4.78, 5) is 24.5. The molecule has 1 atom stereocenters. The molecule has 1 aromatic heterocycles. The molecule has 2 aromatic rings. The fourth-order valence-electron chi connectivity index (χ4n) is 2.23. The van der Waals surface area contributed by atoms with Gasteiger partial charge in [-0.3, -0.25) is 4.79 Å². The van der Waals surface area contributed by atoms with Crippen molar-refractivity contribution in [3.05, 3.63) is 59.1 Å². The Bertz CT molecular complexity index is 756. The number of methoxy groups -OCH3 is 1. The number of ether oxygens (including phenoxy) is 1. The quantitative estimate of drug-likeness (QED) is 0.879. The molecule has 1 N–H and O–H groups in total. The normalized spacial score (nSPS) is 13.3. The number of carbonyl (C=O) groups is 2. The second-order valence-electron chi connectivity index (χ2n) is 5.09. The fraction of sp³-hybridized carbons (Fsp3) is 0.250. The lowest BCUT2D eigenvalue weighted by molar-refractivity contribution is -0.148. The minimum Gasteiger partial charge on any atom is -0.469 e. The van der Waals surface area contributed by atoms with Gasteiger partial charge in [0.05, 0.1) is 18.9 Å². The van der Waals surface area contributed by atoms with Gasteiger partial charge in [-0.05, 0) is 38.1 Å². The van der Waals surface area contributed by atoms with Gasteiger partial charge in [-0.25, -0.2) is 13.6 Å². The van der Waals surface area contributed by atoms with E-state index in [9.17, 15) is 18.4 Å². The molecule has 2 rings (SSSR count). The highest BCUT2D eigenvalue weighted by atomic mass is 19.1. The van der Waals surface area contributed by atoms with Gasteiger partial charge < -0.3 is 14.5 Å². The Kier molecular flexibility index (Phi) is 4.49. The molecular formula is C16H15F2NO4. The van der Waals surface area contributed by atoms with Gasteiger partial charge in [0.1, 0.15) is 17.4 Å². The number of nitrogens with one attached hydrogen (secondary N) is 1. The van der Waals surface area contributed by atoms with E-state index in [1.165, 1.54) is 19.3 Å². The monoisotopic (exact) mass is 323 g/mol. The lowest BCUT2D eigenvalue weighted by Crippen LogP contribution is -2.50. The van der Waals surface area contributed by atoms with Gasteiger partial charge in [0.15, 0.2) is 5.54 Å². The molecule has 1 aromatic carbocycles. The van der Waals surface area contributed by atoms with Crippen LogP contribution >= 0.6 is 0 Å². The molecule has 0 aliphatic carbocycles. The van der Waals surface area contributed by atoms with Crippen LogP contribution < -0.4 is 5.32 Å². The van der Waals surface area contributed by atoms with E-state index in [2.05, 4.69) is 10.1 Å². The summed E-state index contributed by atoms with van der Waals surface area (Å²) in [6.07, 6.45) is 1.31. The van der Waals surface area contributed by atoms with Gasteiger partial charge in [-0.1, -0.05) is 0 Å². The third-order valence-corrected chi connectivity index (χ3v) is 3.53. The molecule has 23 heavy (non-hydrogen) atoms. The molecule has 0 radical (unpaired) electrons. The number of aryl methyl sites for hydroxylation is 1. The van der Waals surface area contributed by atoms with Crippen molar-refractivity contribution in [3.8, 4) is 0 Å². The van der Waals surface area contributed by atoms with Crippen molar-refractivity contribution in [2.24, 2.45) is 0 Å². The molecule has 0 unspecified atom stereocenters. The predicted octanol–water partition coefficient (Wildman–Crippen LogP) is 2.68. The minimum atomic E-state index is -1.90. The highest BCUT2D eigenvalue weighted by Gasteiger charge is 2.41. The minimum absolute atomic E-state index is 0.178. The molecule has 7 heteroatoms. The summed E-state index contributed by atoms with van der Waals surface area (Å²) in [5, 5.41) is 2.39. The van der Waals surface area contributed by atoms with Crippen molar-refractivity contribution < 1.29 is 27.5 Å². The van der Waals surface area contributed by atoms with Crippen molar-refractivity contribution >= 4 is 11.9 Å². The van der Waals surface area contributed by atoms with E-state index in [-0.39, 0.29) is 11.1 Å². The van der Waals surface area contributed by atoms with E-state index in [4.69, 9.17) is 4.42 Å². The number of hydrogen-bond donors (Lipinski definition) is 1. The van der Waals surface area contributed by atoms with Crippen LogP contribution in [0.2, 0.25) is 0 Å². The third kappa shape index (κ3) is 3.08. The van der Waals surface area contributed by atoms with Crippen molar-refractivity contribution in [3.63, 3.8) is 0 Å². The maximum Gasteiger partial charge on any atom is 0.336 e. The molecule has 0 aliphatic rings. The van der Waals surface area contributed by atoms with E-state index in [1.807, 2.05) is 0 Å². The highest BCUT2D eigenvalue weighted by molar-refractivity contribution is 5.99. The summed E-state index contributed by atoms with van der Waals surface area (Å²) in [6.45, 7) is 2.80. The molecule has 1 heterocycles. The van der Waals surface area contributed by atoms with Gasteiger partial charge >= 0.3 is 5.97 Å². The first kappa shape index (κ1) is 16.7. The van der Waals surface area contributed by atoms with Crippen LogP contribution in [-0.4, -0.2) is 19.0 Å². The number of halogens is 2. The molecule has 5 nitrogen and oxygen atoms in total. The second-order valence-corrected chi connectivity index (χ2v) is 5.09. The number of carbonyl (C=O) groups excluding carboxylic acids is 2. The average Bonchev–Trinajstić information content (AvgIpc) is 2.94. The zero-order valence-electron chi connectivity index (χ0n) is 12.8. The molecule has 122 valence electrons. The van der Waals surface area contributed by atoms with Gasteiger partial charge in [-0.15, -0.1) is 0 Å². The van der Waals surface area contributed by atoms with Crippen LogP contribution in [0.25, 0.3) is 0 Å². The summed E-state index contributed by atoms with van der Waals surface area (Å²) in [5.74, 6) is -2.87. The standard InChI is InChI=1S/C16H15F2NO4/c1-9-11(6-7-23-9)14(20)19-16(2,15(21)22-3)12-8-10(17)4-5-13(12)18/h4-8H,1-3H3,(H,19,20)/t16-/m1/s1. The van der Waals surface area contributed by atoms with Crippen molar-refractivity contribution in [1.82, 2.24) is 5.32 Å². The van der Waals surface area contributed by atoms with Gasteiger partial charge in [0, 0.05) is 5.56 Å². The number of amides is 1. The zero-order valence-corrected chi connectivity index (χ0v) is 12.8. The second kappa shape index (κ2) is 6.20. The molecule has 0 aliphatic heterocycles. The SMILES string of the molecule is COC(=O)[C@](C)(NC(=O)c1ccoc1C)c1cc(F)ccc1F. The first-order valence-corrected chi connectivity index (χ1v) is 6.70. The average molecular weight is 323 g/mol. The molecule has 0 bridgehead atoms. The maximum absolute atomic E-state index is 14.1. The van der Waals surface area contributed by atoms with Crippen LogP contribution in [0.5, 0.6) is 0 Å². The Labute approximate surface area is 131 Å². The molecule has 0 fully saturated rings. The van der Waals surface area contributed by atoms with Crippen LogP contribution in [0.3, 0.4) is 0 Å². The largest absolute Gasteiger partial charge is 0.469 e. The smallest absolute Gasteiger partial charge is 0.336 e. The van der Waals surface area contributed by atoms with Crippen LogP contribution in [-0.2, 0) is 15.1 Å². The van der Waals surface area contributed by atoms with Gasteiger partial charge in [-0.2, -0.15) is 0 Å². The summed E-state index contributed by atoms with van der Waals surface area (Å²) in [7, 11) is 1.09. The first-order chi connectivity index (χ1) is 10.8. The lowest BCUT2D eigenvalue weighted by Gasteiger charge is -2.28.